The predicted molar refractivity (Wildman–Crippen MR) is 47.5 cm³/mol. The van der Waals surface area contributed by atoms with Crippen LogP contribution in [0, 0.1) is 11.8 Å². The molecule has 2 atom stereocenters. The van der Waals surface area contributed by atoms with E-state index in [1.54, 1.807) is 6.26 Å². The summed E-state index contributed by atoms with van der Waals surface area (Å²) in [4.78, 5) is 0. The highest BCUT2D eigenvalue weighted by atomic mass is 16.3. The first-order valence-corrected chi connectivity index (χ1v) is 4.58. The van der Waals surface area contributed by atoms with E-state index in [-0.39, 0.29) is 6.04 Å². The Bertz CT molecular complexity index is 238. The van der Waals surface area contributed by atoms with Crippen molar-refractivity contribution < 1.29 is 4.42 Å². The molecule has 2 heteroatoms. The maximum Gasteiger partial charge on any atom is 0.120 e. The standard InChI is InChI=1S/C10H15NO/c1-7(8-4-5-8)10(11)9-3-2-6-12-9/h2-3,6-8,10H,4-5,11H2,1H3. The Morgan fingerprint density at radius 1 is 1.58 bits per heavy atom. The van der Waals surface area contributed by atoms with Gasteiger partial charge in [-0.15, -0.1) is 0 Å². The summed E-state index contributed by atoms with van der Waals surface area (Å²) in [7, 11) is 0. The summed E-state index contributed by atoms with van der Waals surface area (Å²) < 4.78 is 5.27. The van der Waals surface area contributed by atoms with Gasteiger partial charge in [0.25, 0.3) is 0 Å². The molecule has 1 aromatic heterocycles. The SMILES string of the molecule is CC(C1CC1)C(N)c1ccco1. The molecule has 0 amide bonds. The Morgan fingerprint density at radius 2 is 2.33 bits per heavy atom. The van der Waals surface area contributed by atoms with Crippen LogP contribution in [0.3, 0.4) is 0 Å². The maximum absolute atomic E-state index is 6.03. The van der Waals surface area contributed by atoms with Crippen LogP contribution in [0.15, 0.2) is 22.8 Å². The van der Waals surface area contributed by atoms with Crippen LogP contribution in [-0.4, -0.2) is 0 Å². The minimum absolute atomic E-state index is 0.0903. The molecule has 2 unspecified atom stereocenters. The van der Waals surface area contributed by atoms with Crippen LogP contribution in [0.2, 0.25) is 0 Å². The van der Waals surface area contributed by atoms with Gasteiger partial charge in [0.05, 0.1) is 12.3 Å². The average molecular weight is 165 g/mol. The quantitative estimate of drug-likeness (QED) is 0.746. The van der Waals surface area contributed by atoms with E-state index in [2.05, 4.69) is 6.92 Å². The second-order valence-electron chi connectivity index (χ2n) is 3.74. The normalized spacial score (nSPS) is 22.2. The first-order valence-electron chi connectivity index (χ1n) is 4.58. The van der Waals surface area contributed by atoms with E-state index in [0.29, 0.717) is 5.92 Å². The molecule has 2 nitrogen and oxygen atoms in total. The third-order valence-electron chi connectivity index (χ3n) is 2.80. The van der Waals surface area contributed by atoms with Gasteiger partial charge < -0.3 is 10.2 Å². The van der Waals surface area contributed by atoms with Gasteiger partial charge in [0, 0.05) is 0 Å². The zero-order valence-corrected chi connectivity index (χ0v) is 7.36. The lowest BCUT2D eigenvalue weighted by atomic mass is 9.96. The molecule has 1 aliphatic carbocycles. The highest BCUT2D eigenvalue weighted by Crippen LogP contribution is 2.41. The second-order valence-corrected chi connectivity index (χ2v) is 3.74. The van der Waals surface area contributed by atoms with E-state index in [1.807, 2.05) is 12.1 Å². The molecule has 2 N–H and O–H groups in total. The number of rotatable bonds is 3. The van der Waals surface area contributed by atoms with Crippen molar-refractivity contribution in [3.63, 3.8) is 0 Å². The Kier molecular flexibility index (Phi) is 1.93. The smallest absolute Gasteiger partial charge is 0.120 e. The van der Waals surface area contributed by atoms with E-state index >= 15 is 0 Å². The van der Waals surface area contributed by atoms with Crippen molar-refractivity contribution in [2.45, 2.75) is 25.8 Å². The summed E-state index contributed by atoms with van der Waals surface area (Å²) in [6.45, 7) is 2.21. The molecule has 1 saturated carbocycles. The van der Waals surface area contributed by atoms with Gasteiger partial charge in [-0.25, -0.2) is 0 Å². The van der Waals surface area contributed by atoms with Crippen LogP contribution in [0.25, 0.3) is 0 Å². The molecular weight excluding hydrogens is 150 g/mol. The maximum atomic E-state index is 6.03. The molecular formula is C10H15NO. The highest BCUT2D eigenvalue weighted by molar-refractivity contribution is 5.06. The van der Waals surface area contributed by atoms with Gasteiger partial charge in [0.1, 0.15) is 5.76 Å². The van der Waals surface area contributed by atoms with Gasteiger partial charge in [-0.3, -0.25) is 0 Å². The highest BCUT2D eigenvalue weighted by Gasteiger charge is 2.33. The average Bonchev–Trinajstić information content (AvgIpc) is 2.79. The van der Waals surface area contributed by atoms with E-state index in [0.717, 1.165) is 11.7 Å². The van der Waals surface area contributed by atoms with Crippen LogP contribution in [0.4, 0.5) is 0 Å². The summed E-state index contributed by atoms with van der Waals surface area (Å²) in [5, 5.41) is 0. The second kappa shape index (κ2) is 2.94. The van der Waals surface area contributed by atoms with Crippen molar-refractivity contribution >= 4 is 0 Å². The Hall–Kier alpha value is -0.760. The third-order valence-corrected chi connectivity index (χ3v) is 2.80. The lowest BCUT2D eigenvalue weighted by Gasteiger charge is -2.16. The predicted octanol–water partition coefficient (Wildman–Crippen LogP) is 2.33. The molecule has 1 fully saturated rings. The van der Waals surface area contributed by atoms with Crippen molar-refractivity contribution in [3.05, 3.63) is 24.2 Å². The molecule has 66 valence electrons. The lowest BCUT2D eigenvalue weighted by molar-refractivity contribution is 0.354. The largest absolute Gasteiger partial charge is 0.468 e. The Morgan fingerprint density at radius 3 is 2.83 bits per heavy atom. The van der Waals surface area contributed by atoms with Crippen LogP contribution >= 0.6 is 0 Å². The summed E-state index contributed by atoms with van der Waals surface area (Å²) in [5.41, 5.74) is 6.03. The van der Waals surface area contributed by atoms with Crippen LogP contribution < -0.4 is 5.73 Å². The first kappa shape index (κ1) is 7.87. The number of hydrogen-bond acceptors (Lipinski definition) is 2. The third kappa shape index (κ3) is 1.39. The number of hydrogen-bond donors (Lipinski definition) is 1. The van der Waals surface area contributed by atoms with E-state index in [4.69, 9.17) is 10.2 Å². The number of furan rings is 1. The van der Waals surface area contributed by atoms with Crippen molar-refractivity contribution in [3.8, 4) is 0 Å². The minimum Gasteiger partial charge on any atom is -0.468 e. The minimum atomic E-state index is 0.0903. The van der Waals surface area contributed by atoms with Gasteiger partial charge in [0.2, 0.25) is 0 Å². The molecule has 2 rings (SSSR count). The van der Waals surface area contributed by atoms with Gasteiger partial charge in [-0.1, -0.05) is 6.92 Å². The van der Waals surface area contributed by atoms with Gasteiger partial charge >= 0.3 is 0 Å². The Labute approximate surface area is 72.7 Å². The van der Waals surface area contributed by atoms with Crippen molar-refractivity contribution in [1.29, 1.82) is 0 Å². The van der Waals surface area contributed by atoms with Crippen LogP contribution in [0.1, 0.15) is 31.6 Å². The summed E-state index contributed by atoms with van der Waals surface area (Å²) in [6.07, 6.45) is 4.37. The fourth-order valence-corrected chi connectivity index (χ4v) is 1.66. The van der Waals surface area contributed by atoms with E-state index < -0.39 is 0 Å². The molecule has 0 saturated heterocycles. The van der Waals surface area contributed by atoms with Crippen molar-refractivity contribution in [1.82, 2.24) is 0 Å². The molecule has 12 heavy (non-hydrogen) atoms. The molecule has 1 aliphatic rings. The van der Waals surface area contributed by atoms with Crippen LogP contribution in [-0.2, 0) is 0 Å². The monoisotopic (exact) mass is 165 g/mol. The zero-order chi connectivity index (χ0) is 8.55. The molecule has 0 bridgehead atoms. The summed E-state index contributed by atoms with van der Waals surface area (Å²) in [5.74, 6) is 2.33. The molecule has 1 heterocycles. The van der Waals surface area contributed by atoms with Crippen molar-refractivity contribution in [2.24, 2.45) is 17.6 Å². The van der Waals surface area contributed by atoms with Gasteiger partial charge in [-0.2, -0.15) is 0 Å². The van der Waals surface area contributed by atoms with E-state index in [9.17, 15) is 0 Å². The Balaban J connectivity index is 2.03. The topological polar surface area (TPSA) is 39.2 Å². The first-order chi connectivity index (χ1) is 5.79. The van der Waals surface area contributed by atoms with Crippen LogP contribution in [0.5, 0.6) is 0 Å². The molecule has 0 aliphatic heterocycles. The molecule has 0 radical (unpaired) electrons. The number of nitrogens with two attached hydrogens (primary N) is 1. The van der Waals surface area contributed by atoms with E-state index in [1.165, 1.54) is 12.8 Å². The molecule has 1 aromatic rings. The summed E-state index contributed by atoms with van der Waals surface area (Å²) >= 11 is 0. The fourth-order valence-electron chi connectivity index (χ4n) is 1.66. The molecule has 0 spiro atoms. The molecule has 0 aromatic carbocycles. The zero-order valence-electron chi connectivity index (χ0n) is 7.36. The van der Waals surface area contributed by atoms with Gasteiger partial charge in [0.15, 0.2) is 0 Å². The lowest BCUT2D eigenvalue weighted by Crippen LogP contribution is -2.19. The fraction of sp³-hybridized carbons (Fsp3) is 0.600. The van der Waals surface area contributed by atoms with Gasteiger partial charge in [-0.05, 0) is 36.8 Å². The van der Waals surface area contributed by atoms with Crippen molar-refractivity contribution in [2.75, 3.05) is 0 Å². The summed E-state index contributed by atoms with van der Waals surface area (Å²) in [6, 6.07) is 3.95.